The Labute approximate surface area is 188 Å². The van der Waals surface area contributed by atoms with Crippen LogP contribution in [-0.2, 0) is 17.4 Å². The highest BCUT2D eigenvalue weighted by Gasteiger charge is 2.30. The molecule has 3 aromatic rings. The van der Waals surface area contributed by atoms with Crippen LogP contribution in [0.5, 0.6) is 11.5 Å². The molecule has 0 aliphatic rings. The smallest absolute Gasteiger partial charge is 0.416 e. The number of carbonyl (C=O) groups excluding carboxylic acids is 2. The van der Waals surface area contributed by atoms with Crippen molar-refractivity contribution in [2.75, 3.05) is 24.9 Å². The fraction of sp³-hybridized carbons (Fsp3) is 0.167. The van der Waals surface area contributed by atoms with Gasteiger partial charge in [-0.2, -0.15) is 13.2 Å². The zero-order chi connectivity index (χ0) is 24.0. The second-order valence-electron chi connectivity index (χ2n) is 7.02. The lowest BCUT2D eigenvalue weighted by atomic mass is 10.1. The van der Waals surface area contributed by atoms with Crippen molar-refractivity contribution in [1.82, 2.24) is 0 Å². The first-order chi connectivity index (χ1) is 15.7. The van der Waals surface area contributed by atoms with Gasteiger partial charge in [-0.05, 0) is 42.5 Å². The largest absolute Gasteiger partial charge is 0.497 e. The van der Waals surface area contributed by atoms with E-state index in [2.05, 4.69) is 10.6 Å². The molecule has 0 heterocycles. The van der Waals surface area contributed by atoms with E-state index in [1.807, 2.05) is 0 Å². The first-order valence-corrected chi connectivity index (χ1v) is 9.79. The Hall–Kier alpha value is -4.01. The number of amides is 2. The number of hydrogen-bond donors (Lipinski definition) is 2. The highest BCUT2D eigenvalue weighted by Crippen LogP contribution is 2.31. The average Bonchev–Trinajstić information content (AvgIpc) is 2.79. The molecule has 0 spiro atoms. The van der Waals surface area contributed by atoms with E-state index in [0.717, 1.165) is 12.1 Å². The third-order valence-electron chi connectivity index (χ3n) is 4.70. The number of halogens is 3. The van der Waals surface area contributed by atoms with Gasteiger partial charge >= 0.3 is 6.18 Å². The molecular weight excluding hydrogens is 437 g/mol. The highest BCUT2D eigenvalue weighted by molar-refractivity contribution is 6.05. The van der Waals surface area contributed by atoms with Crippen LogP contribution in [0.25, 0.3) is 0 Å². The van der Waals surface area contributed by atoms with Gasteiger partial charge in [-0.15, -0.1) is 0 Å². The van der Waals surface area contributed by atoms with Crippen LogP contribution in [0.15, 0.2) is 66.7 Å². The molecule has 172 valence electrons. The van der Waals surface area contributed by atoms with E-state index in [1.54, 1.807) is 30.3 Å². The van der Waals surface area contributed by atoms with Gasteiger partial charge in [0, 0.05) is 28.6 Å². The van der Waals surface area contributed by atoms with Gasteiger partial charge in [-0.25, -0.2) is 0 Å². The molecule has 0 saturated heterocycles. The molecule has 0 atom stereocenters. The van der Waals surface area contributed by atoms with Crippen LogP contribution in [-0.4, -0.2) is 26.0 Å². The summed E-state index contributed by atoms with van der Waals surface area (Å²) in [5.74, 6) is 0.144. The number of carbonyl (C=O) groups is 2. The van der Waals surface area contributed by atoms with Crippen molar-refractivity contribution in [1.29, 1.82) is 0 Å². The summed E-state index contributed by atoms with van der Waals surface area (Å²) >= 11 is 0. The molecule has 3 rings (SSSR count). The number of rotatable bonds is 7. The summed E-state index contributed by atoms with van der Waals surface area (Å²) in [6, 6.07) is 15.5. The zero-order valence-electron chi connectivity index (χ0n) is 17.8. The van der Waals surface area contributed by atoms with Gasteiger partial charge in [0.15, 0.2) is 0 Å². The first-order valence-electron chi connectivity index (χ1n) is 9.79. The number of hydrogen-bond acceptors (Lipinski definition) is 4. The Morgan fingerprint density at radius 2 is 1.55 bits per heavy atom. The van der Waals surface area contributed by atoms with E-state index >= 15 is 0 Å². The number of ether oxygens (including phenoxy) is 2. The topological polar surface area (TPSA) is 76.7 Å². The van der Waals surface area contributed by atoms with Crippen LogP contribution in [0.1, 0.15) is 21.5 Å². The predicted octanol–water partition coefficient (Wildman–Crippen LogP) is 5.16. The van der Waals surface area contributed by atoms with Gasteiger partial charge in [0.05, 0.1) is 26.2 Å². The van der Waals surface area contributed by atoms with Gasteiger partial charge in [-0.1, -0.05) is 18.2 Å². The van der Waals surface area contributed by atoms with E-state index in [-0.39, 0.29) is 23.6 Å². The third-order valence-corrected chi connectivity index (χ3v) is 4.70. The van der Waals surface area contributed by atoms with E-state index in [0.29, 0.717) is 22.7 Å². The summed E-state index contributed by atoms with van der Waals surface area (Å²) in [6.45, 7) is 0. The van der Waals surface area contributed by atoms with Crippen molar-refractivity contribution in [3.8, 4) is 11.5 Å². The fourth-order valence-corrected chi connectivity index (χ4v) is 3.09. The number of anilines is 2. The van der Waals surface area contributed by atoms with Gasteiger partial charge < -0.3 is 20.1 Å². The first kappa shape index (κ1) is 23.6. The maximum Gasteiger partial charge on any atom is 0.416 e. The summed E-state index contributed by atoms with van der Waals surface area (Å²) in [5.41, 5.74) is 0.330. The number of alkyl halides is 3. The van der Waals surface area contributed by atoms with Crippen molar-refractivity contribution in [3.63, 3.8) is 0 Å². The Morgan fingerprint density at radius 1 is 0.848 bits per heavy atom. The molecule has 0 bridgehead atoms. The van der Waals surface area contributed by atoms with Gasteiger partial charge in [0.2, 0.25) is 5.91 Å². The van der Waals surface area contributed by atoms with Crippen molar-refractivity contribution in [2.24, 2.45) is 0 Å². The van der Waals surface area contributed by atoms with Gasteiger partial charge in [-0.3, -0.25) is 9.59 Å². The van der Waals surface area contributed by atoms with E-state index in [9.17, 15) is 22.8 Å². The molecule has 0 unspecified atom stereocenters. The predicted molar refractivity (Wildman–Crippen MR) is 118 cm³/mol. The summed E-state index contributed by atoms with van der Waals surface area (Å²) in [7, 11) is 3.01. The fourth-order valence-electron chi connectivity index (χ4n) is 3.09. The molecule has 0 saturated carbocycles. The molecule has 0 aliphatic heterocycles. The SMILES string of the molecule is COc1ccc(CC(=O)Nc2cccc(C(=O)Nc3cccc(C(F)(F)F)c3)c2)c(OC)c1. The highest BCUT2D eigenvalue weighted by atomic mass is 19.4. The Balaban J connectivity index is 1.68. The normalized spacial score (nSPS) is 10.9. The molecule has 33 heavy (non-hydrogen) atoms. The van der Waals surface area contributed by atoms with Gasteiger partial charge in [0.25, 0.3) is 5.91 Å². The van der Waals surface area contributed by atoms with Crippen molar-refractivity contribution in [2.45, 2.75) is 12.6 Å². The summed E-state index contributed by atoms with van der Waals surface area (Å²) in [4.78, 5) is 25.0. The maximum absolute atomic E-state index is 12.9. The number of nitrogens with one attached hydrogen (secondary N) is 2. The van der Waals surface area contributed by atoms with E-state index < -0.39 is 17.6 Å². The van der Waals surface area contributed by atoms with Crippen LogP contribution in [0.2, 0.25) is 0 Å². The minimum absolute atomic E-state index is 0.0101. The number of methoxy groups -OCH3 is 2. The summed E-state index contributed by atoms with van der Waals surface area (Å²) < 4.78 is 49.1. The summed E-state index contributed by atoms with van der Waals surface area (Å²) in [5, 5.41) is 5.14. The lowest BCUT2D eigenvalue weighted by molar-refractivity contribution is -0.137. The minimum atomic E-state index is -4.52. The van der Waals surface area contributed by atoms with Crippen LogP contribution in [0.4, 0.5) is 24.5 Å². The Morgan fingerprint density at radius 3 is 2.21 bits per heavy atom. The second kappa shape index (κ2) is 10.1. The molecule has 0 fully saturated rings. The quantitative estimate of drug-likeness (QED) is 0.513. The Bertz CT molecular complexity index is 1160. The monoisotopic (exact) mass is 458 g/mol. The standard InChI is InChI=1S/C24H21F3N2O4/c1-32-20-10-9-15(21(14-20)33-2)12-22(30)28-18-7-3-5-16(11-18)23(31)29-19-8-4-6-17(13-19)24(25,26)27/h3-11,13-14H,12H2,1-2H3,(H,28,30)(H,29,31). The molecule has 6 nitrogen and oxygen atoms in total. The molecule has 0 aliphatic carbocycles. The molecule has 3 aromatic carbocycles. The van der Waals surface area contributed by atoms with Crippen molar-refractivity contribution >= 4 is 23.2 Å². The molecule has 2 N–H and O–H groups in total. The molecule has 9 heteroatoms. The molecular formula is C24H21F3N2O4. The lowest BCUT2D eigenvalue weighted by Gasteiger charge is -2.12. The third kappa shape index (κ3) is 6.25. The van der Waals surface area contributed by atoms with E-state index in [1.165, 1.54) is 38.5 Å². The van der Waals surface area contributed by atoms with E-state index in [4.69, 9.17) is 9.47 Å². The van der Waals surface area contributed by atoms with Gasteiger partial charge in [0.1, 0.15) is 11.5 Å². The molecule has 0 radical (unpaired) electrons. The average molecular weight is 458 g/mol. The lowest BCUT2D eigenvalue weighted by Crippen LogP contribution is -2.16. The van der Waals surface area contributed by atoms with Crippen LogP contribution >= 0.6 is 0 Å². The van der Waals surface area contributed by atoms with Crippen LogP contribution in [0, 0.1) is 0 Å². The molecule has 2 amide bonds. The number of benzene rings is 3. The van der Waals surface area contributed by atoms with Crippen LogP contribution < -0.4 is 20.1 Å². The maximum atomic E-state index is 12.9. The zero-order valence-corrected chi connectivity index (χ0v) is 17.8. The molecule has 0 aromatic heterocycles. The van der Waals surface area contributed by atoms with Crippen molar-refractivity contribution < 1.29 is 32.2 Å². The van der Waals surface area contributed by atoms with Crippen molar-refractivity contribution in [3.05, 3.63) is 83.4 Å². The minimum Gasteiger partial charge on any atom is -0.497 e. The second-order valence-corrected chi connectivity index (χ2v) is 7.02. The summed E-state index contributed by atoms with van der Waals surface area (Å²) in [6.07, 6.45) is -4.49. The van der Waals surface area contributed by atoms with Crippen LogP contribution in [0.3, 0.4) is 0 Å². The Kier molecular flexibility index (Phi) is 7.22.